The molecule has 0 amide bonds. The minimum absolute atomic E-state index is 0.0450. The number of hydrogen-bond donors (Lipinski definition) is 1. The van der Waals surface area contributed by atoms with Crippen molar-refractivity contribution in [1.82, 2.24) is 4.98 Å². The zero-order chi connectivity index (χ0) is 15.7. The Morgan fingerprint density at radius 2 is 2.00 bits per heavy atom. The first kappa shape index (κ1) is 14.9. The van der Waals surface area contributed by atoms with Gasteiger partial charge in [0.2, 0.25) is 0 Å². The lowest BCUT2D eigenvalue weighted by Gasteiger charge is -2.25. The lowest BCUT2D eigenvalue weighted by Crippen LogP contribution is -2.14. The SMILES string of the molecule is CCOC1CCCc2nc(-c3cc(F)c(O)c(F)c3)ccc21. The molecule has 0 aliphatic heterocycles. The van der Waals surface area contributed by atoms with E-state index in [9.17, 15) is 13.9 Å². The average molecular weight is 305 g/mol. The molecular formula is C17H17F2NO2. The van der Waals surface area contributed by atoms with E-state index in [4.69, 9.17) is 4.74 Å². The molecule has 1 aromatic carbocycles. The zero-order valence-electron chi connectivity index (χ0n) is 12.3. The predicted octanol–water partition coefficient (Wildman–Crippen LogP) is 4.15. The number of hydrogen-bond acceptors (Lipinski definition) is 3. The molecular weight excluding hydrogens is 288 g/mol. The van der Waals surface area contributed by atoms with E-state index >= 15 is 0 Å². The van der Waals surface area contributed by atoms with Crippen molar-refractivity contribution in [3.8, 4) is 17.0 Å². The molecule has 1 atom stereocenters. The molecule has 0 saturated heterocycles. The summed E-state index contributed by atoms with van der Waals surface area (Å²) < 4.78 is 32.7. The smallest absolute Gasteiger partial charge is 0.187 e. The maximum atomic E-state index is 13.5. The van der Waals surface area contributed by atoms with Crippen molar-refractivity contribution in [3.05, 3.63) is 47.2 Å². The summed E-state index contributed by atoms with van der Waals surface area (Å²) in [5.74, 6) is -2.93. The van der Waals surface area contributed by atoms with E-state index < -0.39 is 17.4 Å². The fraction of sp³-hybridized carbons (Fsp3) is 0.353. The Balaban J connectivity index is 2.00. The summed E-state index contributed by atoms with van der Waals surface area (Å²) in [6.45, 7) is 2.60. The van der Waals surface area contributed by atoms with Gasteiger partial charge in [0.05, 0.1) is 11.8 Å². The Morgan fingerprint density at radius 1 is 1.27 bits per heavy atom. The second-order valence-electron chi connectivity index (χ2n) is 5.36. The highest BCUT2D eigenvalue weighted by atomic mass is 19.1. The largest absolute Gasteiger partial charge is 0.503 e. The summed E-state index contributed by atoms with van der Waals surface area (Å²) >= 11 is 0. The van der Waals surface area contributed by atoms with E-state index in [1.165, 1.54) is 0 Å². The predicted molar refractivity (Wildman–Crippen MR) is 78.6 cm³/mol. The normalized spacial score (nSPS) is 17.3. The second kappa shape index (κ2) is 6.01. The number of nitrogens with zero attached hydrogens (tertiary/aromatic N) is 1. The number of phenolic OH excluding ortho intramolecular Hbond substituents is 1. The molecule has 1 unspecified atom stereocenters. The molecule has 5 heteroatoms. The van der Waals surface area contributed by atoms with Crippen LogP contribution in [-0.4, -0.2) is 16.7 Å². The lowest BCUT2D eigenvalue weighted by atomic mass is 9.92. The molecule has 0 saturated carbocycles. The van der Waals surface area contributed by atoms with Gasteiger partial charge in [0.25, 0.3) is 0 Å². The van der Waals surface area contributed by atoms with Crippen molar-refractivity contribution in [2.45, 2.75) is 32.3 Å². The van der Waals surface area contributed by atoms with Gasteiger partial charge in [-0.1, -0.05) is 6.07 Å². The number of aromatic nitrogens is 1. The van der Waals surface area contributed by atoms with Crippen LogP contribution < -0.4 is 0 Å². The Bertz CT molecular complexity index is 680. The van der Waals surface area contributed by atoms with Crippen LogP contribution in [-0.2, 0) is 11.2 Å². The highest BCUT2D eigenvalue weighted by Gasteiger charge is 2.22. The van der Waals surface area contributed by atoms with Crippen LogP contribution >= 0.6 is 0 Å². The highest BCUT2D eigenvalue weighted by molar-refractivity contribution is 5.61. The fourth-order valence-corrected chi connectivity index (χ4v) is 2.86. The third kappa shape index (κ3) is 2.68. The van der Waals surface area contributed by atoms with E-state index in [0.29, 0.717) is 17.9 Å². The molecule has 22 heavy (non-hydrogen) atoms. The van der Waals surface area contributed by atoms with Gasteiger partial charge < -0.3 is 9.84 Å². The Kier molecular flexibility index (Phi) is 4.07. The molecule has 1 aliphatic carbocycles. The van der Waals surface area contributed by atoms with Gasteiger partial charge >= 0.3 is 0 Å². The van der Waals surface area contributed by atoms with Gasteiger partial charge in [0.15, 0.2) is 17.4 Å². The number of phenols is 1. The third-order valence-electron chi connectivity index (χ3n) is 3.92. The number of halogens is 2. The van der Waals surface area contributed by atoms with Gasteiger partial charge in [-0.05, 0) is 44.4 Å². The molecule has 1 N–H and O–H groups in total. The summed E-state index contributed by atoms with van der Waals surface area (Å²) in [4.78, 5) is 4.53. The molecule has 1 aliphatic rings. The molecule has 0 fully saturated rings. The lowest BCUT2D eigenvalue weighted by molar-refractivity contribution is 0.0495. The van der Waals surface area contributed by atoms with Crippen molar-refractivity contribution in [1.29, 1.82) is 0 Å². The zero-order valence-corrected chi connectivity index (χ0v) is 12.3. The topological polar surface area (TPSA) is 42.4 Å². The van der Waals surface area contributed by atoms with Crippen LogP contribution in [0.4, 0.5) is 8.78 Å². The van der Waals surface area contributed by atoms with Gasteiger partial charge in [0, 0.05) is 23.4 Å². The molecule has 0 spiro atoms. The minimum Gasteiger partial charge on any atom is -0.503 e. The molecule has 1 aromatic heterocycles. The third-order valence-corrected chi connectivity index (χ3v) is 3.92. The van der Waals surface area contributed by atoms with Crippen molar-refractivity contribution in [3.63, 3.8) is 0 Å². The van der Waals surface area contributed by atoms with E-state index in [1.807, 2.05) is 13.0 Å². The van der Waals surface area contributed by atoms with Crippen molar-refractivity contribution in [2.24, 2.45) is 0 Å². The van der Waals surface area contributed by atoms with Gasteiger partial charge in [-0.25, -0.2) is 8.78 Å². The van der Waals surface area contributed by atoms with E-state index in [2.05, 4.69) is 4.98 Å². The molecule has 0 bridgehead atoms. The number of ether oxygens (including phenoxy) is 1. The fourth-order valence-electron chi connectivity index (χ4n) is 2.86. The Morgan fingerprint density at radius 3 is 2.68 bits per heavy atom. The first-order valence-electron chi connectivity index (χ1n) is 7.40. The van der Waals surface area contributed by atoms with Crippen molar-refractivity contribution < 1.29 is 18.6 Å². The highest BCUT2D eigenvalue weighted by Crippen LogP contribution is 2.34. The Hall–Kier alpha value is -2.01. The first-order chi connectivity index (χ1) is 10.6. The molecule has 0 radical (unpaired) electrons. The van der Waals surface area contributed by atoms with Crippen LogP contribution in [0.5, 0.6) is 5.75 Å². The quantitative estimate of drug-likeness (QED) is 0.926. The Labute approximate surface area is 127 Å². The molecule has 1 heterocycles. The van der Waals surface area contributed by atoms with E-state index in [-0.39, 0.29) is 6.10 Å². The summed E-state index contributed by atoms with van der Waals surface area (Å²) in [5, 5.41) is 9.18. The maximum absolute atomic E-state index is 13.5. The monoisotopic (exact) mass is 305 g/mol. The van der Waals surface area contributed by atoms with Gasteiger partial charge in [-0.15, -0.1) is 0 Å². The average Bonchev–Trinajstić information content (AvgIpc) is 2.52. The van der Waals surface area contributed by atoms with E-state index in [1.54, 1.807) is 6.07 Å². The van der Waals surface area contributed by atoms with Crippen LogP contribution in [0.3, 0.4) is 0 Å². The summed E-state index contributed by atoms with van der Waals surface area (Å²) in [5.41, 5.74) is 2.77. The first-order valence-corrected chi connectivity index (χ1v) is 7.40. The van der Waals surface area contributed by atoms with Crippen molar-refractivity contribution >= 4 is 0 Å². The summed E-state index contributed by atoms with van der Waals surface area (Å²) in [6, 6.07) is 5.84. The van der Waals surface area contributed by atoms with Gasteiger partial charge in [-0.2, -0.15) is 0 Å². The van der Waals surface area contributed by atoms with Crippen LogP contribution in [0.2, 0.25) is 0 Å². The molecule has 116 valence electrons. The number of aromatic hydroxyl groups is 1. The number of rotatable bonds is 3. The van der Waals surface area contributed by atoms with Crippen LogP contribution in [0.15, 0.2) is 24.3 Å². The number of pyridine rings is 1. The van der Waals surface area contributed by atoms with Crippen LogP contribution in [0.25, 0.3) is 11.3 Å². The molecule has 3 nitrogen and oxygen atoms in total. The maximum Gasteiger partial charge on any atom is 0.187 e. The molecule has 2 aromatic rings. The standard InChI is InChI=1S/C17H17F2NO2/c1-2-22-16-5-3-4-15-11(16)6-7-14(20-15)10-8-12(18)17(21)13(19)9-10/h6-9,16,21H,2-5H2,1H3. The van der Waals surface area contributed by atoms with Crippen molar-refractivity contribution in [2.75, 3.05) is 6.61 Å². The van der Waals surface area contributed by atoms with E-state index in [0.717, 1.165) is 42.7 Å². The number of aryl methyl sites for hydroxylation is 1. The number of fused-ring (bicyclic) bond motifs is 1. The minimum atomic E-state index is -0.985. The summed E-state index contributed by atoms with van der Waals surface area (Å²) in [6.07, 6.45) is 2.82. The van der Waals surface area contributed by atoms with Gasteiger partial charge in [-0.3, -0.25) is 4.98 Å². The molecule has 3 rings (SSSR count). The summed E-state index contributed by atoms with van der Waals surface area (Å²) in [7, 11) is 0. The number of benzene rings is 1. The van der Waals surface area contributed by atoms with Crippen LogP contribution in [0, 0.1) is 11.6 Å². The second-order valence-corrected chi connectivity index (χ2v) is 5.36. The van der Waals surface area contributed by atoms with Crippen LogP contribution in [0.1, 0.15) is 37.1 Å². The van der Waals surface area contributed by atoms with Gasteiger partial charge in [0.1, 0.15) is 0 Å².